The fraction of sp³-hybridized carbons (Fsp3) is 0.533. The Balaban J connectivity index is 1.79. The number of carbonyl (C=O) groups is 1. The fourth-order valence-electron chi connectivity index (χ4n) is 3.37. The number of hydrazone groups is 1. The summed E-state index contributed by atoms with van der Waals surface area (Å²) in [4.78, 5) is 21.2. The Hall–Kier alpha value is -2.31. The van der Waals surface area contributed by atoms with Crippen LogP contribution in [0.2, 0.25) is 0 Å². The number of fused-ring (bicyclic) bond motifs is 2. The number of amides is 1. The van der Waals surface area contributed by atoms with Gasteiger partial charge in [0.25, 0.3) is 5.91 Å². The number of hydrogen-bond acceptors (Lipinski definition) is 5. The van der Waals surface area contributed by atoms with E-state index in [2.05, 4.69) is 34.0 Å². The Morgan fingerprint density at radius 3 is 2.95 bits per heavy atom. The van der Waals surface area contributed by atoms with E-state index in [1.165, 1.54) is 11.3 Å². The van der Waals surface area contributed by atoms with E-state index in [0.29, 0.717) is 11.5 Å². The molecule has 0 bridgehead atoms. The molecule has 0 radical (unpaired) electrons. The quantitative estimate of drug-likeness (QED) is 0.805. The average molecular weight is 298 g/mol. The first kappa shape index (κ1) is 13.4. The normalized spacial score (nSPS) is 23.8. The van der Waals surface area contributed by atoms with Crippen LogP contribution in [0.25, 0.3) is 11.0 Å². The number of hydrogen-bond donors (Lipinski definition) is 0. The highest BCUT2D eigenvalue weighted by Crippen LogP contribution is 2.41. The van der Waals surface area contributed by atoms with Crippen molar-refractivity contribution in [2.24, 2.45) is 23.5 Å². The molecule has 0 N–H and O–H groups in total. The number of aryl methyl sites for hydroxylation is 1. The van der Waals surface area contributed by atoms with E-state index in [4.69, 9.17) is 0 Å². The van der Waals surface area contributed by atoms with E-state index in [9.17, 15) is 4.79 Å². The average Bonchev–Trinajstić information content (AvgIpc) is 2.99. The smallest absolute Gasteiger partial charge is 0.257 e. The lowest BCUT2D eigenvalue weighted by Gasteiger charge is -2.31. The standard InChI is InChI=1S/C15H18N6O/c1-15(2)5-4-9-11(6-15)19-21(14(9)22)13-10-7-18-20(3)12(10)16-8-17-13/h7-9H,4-6H2,1-3H3. The minimum absolute atomic E-state index is 0.0225. The van der Waals surface area contributed by atoms with Gasteiger partial charge in [-0.05, 0) is 24.7 Å². The summed E-state index contributed by atoms with van der Waals surface area (Å²) in [5.74, 6) is 0.465. The highest BCUT2D eigenvalue weighted by Gasteiger charge is 2.43. The third-order valence-corrected chi connectivity index (χ3v) is 4.62. The molecule has 1 atom stereocenters. The lowest BCUT2D eigenvalue weighted by Crippen LogP contribution is -2.34. The van der Waals surface area contributed by atoms with E-state index in [1.54, 1.807) is 10.9 Å². The third-order valence-electron chi connectivity index (χ3n) is 4.62. The number of aromatic nitrogens is 4. The molecule has 22 heavy (non-hydrogen) atoms. The monoisotopic (exact) mass is 298 g/mol. The van der Waals surface area contributed by atoms with Crippen molar-refractivity contribution in [1.29, 1.82) is 0 Å². The Kier molecular flexibility index (Phi) is 2.64. The summed E-state index contributed by atoms with van der Waals surface area (Å²) in [6, 6.07) is 0. The molecule has 3 heterocycles. The molecule has 1 aliphatic heterocycles. The maximum atomic E-state index is 12.7. The minimum Gasteiger partial charge on any atom is -0.272 e. The van der Waals surface area contributed by atoms with Crippen LogP contribution in [0.3, 0.4) is 0 Å². The van der Waals surface area contributed by atoms with Crippen LogP contribution in [0.5, 0.6) is 0 Å². The summed E-state index contributed by atoms with van der Waals surface area (Å²) in [5.41, 5.74) is 1.89. The molecule has 0 saturated heterocycles. The van der Waals surface area contributed by atoms with Gasteiger partial charge in [0.15, 0.2) is 11.5 Å². The van der Waals surface area contributed by atoms with Crippen LogP contribution in [-0.2, 0) is 11.8 Å². The first-order valence-electron chi connectivity index (χ1n) is 7.50. The van der Waals surface area contributed by atoms with Gasteiger partial charge in [0, 0.05) is 7.05 Å². The van der Waals surface area contributed by atoms with E-state index in [1.807, 2.05) is 7.05 Å². The molecule has 0 aromatic carbocycles. The molecule has 2 aliphatic rings. The van der Waals surface area contributed by atoms with Crippen molar-refractivity contribution >= 4 is 28.5 Å². The largest absolute Gasteiger partial charge is 0.272 e. The van der Waals surface area contributed by atoms with Crippen molar-refractivity contribution in [2.45, 2.75) is 33.1 Å². The molecule has 1 saturated carbocycles. The molecule has 7 nitrogen and oxygen atoms in total. The Morgan fingerprint density at radius 2 is 2.14 bits per heavy atom. The van der Waals surface area contributed by atoms with Crippen LogP contribution in [-0.4, -0.2) is 31.4 Å². The van der Waals surface area contributed by atoms with Gasteiger partial charge in [0.2, 0.25) is 0 Å². The van der Waals surface area contributed by atoms with Gasteiger partial charge in [0.1, 0.15) is 6.33 Å². The molecule has 2 aromatic rings. The van der Waals surface area contributed by atoms with E-state index < -0.39 is 0 Å². The summed E-state index contributed by atoms with van der Waals surface area (Å²) >= 11 is 0. The Labute approximate surface area is 128 Å². The van der Waals surface area contributed by atoms with Crippen molar-refractivity contribution in [2.75, 3.05) is 5.01 Å². The summed E-state index contributed by atoms with van der Waals surface area (Å²) in [5, 5.41) is 11.0. The maximum Gasteiger partial charge on any atom is 0.257 e. The second-order valence-electron chi connectivity index (χ2n) is 6.88. The van der Waals surface area contributed by atoms with Gasteiger partial charge in [-0.1, -0.05) is 13.8 Å². The summed E-state index contributed by atoms with van der Waals surface area (Å²) in [6.45, 7) is 4.45. The number of nitrogens with zero attached hydrogens (tertiary/aromatic N) is 6. The first-order chi connectivity index (χ1) is 10.5. The van der Waals surface area contributed by atoms with Crippen LogP contribution < -0.4 is 5.01 Å². The lowest BCUT2D eigenvalue weighted by molar-refractivity contribution is -0.120. The van der Waals surface area contributed by atoms with Crippen molar-refractivity contribution in [1.82, 2.24) is 19.7 Å². The zero-order valence-corrected chi connectivity index (χ0v) is 12.9. The maximum absolute atomic E-state index is 12.7. The number of carbonyl (C=O) groups excluding carboxylic acids is 1. The first-order valence-corrected chi connectivity index (χ1v) is 7.50. The van der Waals surface area contributed by atoms with Gasteiger partial charge in [-0.25, -0.2) is 9.97 Å². The molecule has 7 heteroatoms. The third kappa shape index (κ3) is 1.84. The van der Waals surface area contributed by atoms with Gasteiger partial charge < -0.3 is 0 Å². The highest BCUT2D eigenvalue weighted by atomic mass is 16.2. The van der Waals surface area contributed by atoms with Gasteiger partial charge in [0.05, 0.1) is 23.2 Å². The minimum atomic E-state index is -0.0882. The van der Waals surface area contributed by atoms with Gasteiger partial charge in [-0.3, -0.25) is 9.48 Å². The second kappa shape index (κ2) is 4.34. The molecule has 0 spiro atoms. The zero-order valence-electron chi connectivity index (χ0n) is 12.9. The van der Waals surface area contributed by atoms with Crippen molar-refractivity contribution in [3.8, 4) is 0 Å². The topological polar surface area (TPSA) is 76.3 Å². The molecule has 4 rings (SSSR count). The summed E-state index contributed by atoms with van der Waals surface area (Å²) < 4.78 is 1.67. The predicted octanol–water partition coefficient (Wildman–Crippen LogP) is 1.89. The molecule has 1 unspecified atom stereocenters. The Bertz CT molecular complexity index is 805. The van der Waals surface area contributed by atoms with Crippen LogP contribution in [0.4, 0.5) is 5.82 Å². The lowest BCUT2D eigenvalue weighted by atomic mass is 9.72. The predicted molar refractivity (Wildman–Crippen MR) is 82.3 cm³/mol. The second-order valence-corrected chi connectivity index (χ2v) is 6.88. The molecule has 1 amide bonds. The zero-order chi connectivity index (χ0) is 15.5. The van der Waals surface area contributed by atoms with Gasteiger partial charge in [-0.2, -0.15) is 15.2 Å². The highest BCUT2D eigenvalue weighted by molar-refractivity contribution is 6.17. The Morgan fingerprint density at radius 1 is 1.32 bits per heavy atom. The van der Waals surface area contributed by atoms with Crippen molar-refractivity contribution in [3.05, 3.63) is 12.5 Å². The number of rotatable bonds is 1. The molecule has 1 fully saturated rings. The molecular weight excluding hydrogens is 280 g/mol. The number of anilines is 1. The summed E-state index contributed by atoms with van der Waals surface area (Å²) in [6.07, 6.45) is 5.91. The molecular formula is C15H18N6O. The summed E-state index contributed by atoms with van der Waals surface area (Å²) in [7, 11) is 1.82. The SMILES string of the molecule is Cn1ncc2c(N3N=C4CC(C)(C)CCC4C3=O)ncnc21. The molecule has 114 valence electrons. The van der Waals surface area contributed by atoms with Crippen LogP contribution >= 0.6 is 0 Å². The van der Waals surface area contributed by atoms with Crippen LogP contribution in [0, 0.1) is 11.3 Å². The molecule has 2 aromatic heterocycles. The van der Waals surface area contributed by atoms with Crippen molar-refractivity contribution < 1.29 is 4.79 Å². The van der Waals surface area contributed by atoms with E-state index in [-0.39, 0.29) is 17.2 Å². The van der Waals surface area contributed by atoms with Crippen LogP contribution in [0.1, 0.15) is 33.1 Å². The molecule has 1 aliphatic carbocycles. The van der Waals surface area contributed by atoms with Gasteiger partial charge >= 0.3 is 0 Å². The van der Waals surface area contributed by atoms with E-state index >= 15 is 0 Å². The van der Waals surface area contributed by atoms with Gasteiger partial charge in [-0.15, -0.1) is 0 Å². The van der Waals surface area contributed by atoms with Crippen molar-refractivity contribution in [3.63, 3.8) is 0 Å². The fourth-order valence-corrected chi connectivity index (χ4v) is 3.37. The van der Waals surface area contributed by atoms with Crippen LogP contribution in [0.15, 0.2) is 17.6 Å². The van der Waals surface area contributed by atoms with E-state index in [0.717, 1.165) is 30.4 Å².